The number of benzene rings is 1. The lowest BCUT2D eigenvalue weighted by Crippen LogP contribution is -2.46. The molecule has 4 amide bonds. The number of nitrogens with one attached hydrogen (secondary N) is 4. The molecule has 4 fully saturated rings. The molecule has 12 nitrogen and oxygen atoms in total. The highest BCUT2D eigenvalue weighted by atomic mass is 19.4. The van der Waals surface area contributed by atoms with Crippen LogP contribution in [0.15, 0.2) is 30.6 Å². The molecule has 0 spiro atoms. The zero-order valence-electron chi connectivity index (χ0n) is 25.4. The molecule has 4 aliphatic rings. The third-order valence-electron chi connectivity index (χ3n) is 9.48. The molecule has 2 aromatic heterocycles. The van der Waals surface area contributed by atoms with E-state index in [2.05, 4.69) is 31.3 Å². The normalized spacial score (nSPS) is 25.8. The number of amides is 4. The van der Waals surface area contributed by atoms with Crippen LogP contribution < -0.4 is 21.3 Å². The first-order valence-electron chi connectivity index (χ1n) is 15.3. The zero-order valence-corrected chi connectivity index (χ0v) is 25.4. The number of halogens is 5. The van der Waals surface area contributed by atoms with Gasteiger partial charge in [0.05, 0.1) is 17.5 Å². The van der Waals surface area contributed by atoms with Crippen LogP contribution in [0.4, 0.5) is 32.4 Å². The summed E-state index contributed by atoms with van der Waals surface area (Å²) < 4.78 is 70.1. The Morgan fingerprint density at radius 1 is 1.09 bits per heavy atom. The van der Waals surface area contributed by atoms with Crippen molar-refractivity contribution in [3.8, 4) is 11.3 Å². The number of hydrogen-bond acceptors (Lipinski definition) is 6. The molecule has 0 bridgehead atoms. The number of piperidine rings is 1. The van der Waals surface area contributed by atoms with E-state index in [-0.39, 0.29) is 47.4 Å². The Kier molecular flexibility index (Phi) is 7.29. The maximum absolute atomic E-state index is 13.8. The van der Waals surface area contributed by atoms with Gasteiger partial charge < -0.3 is 30.7 Å². The lowest BCUT2D eigenvalue weighted by atomic mass is 10.1. The van der Waals surface area contributed by atoms with Crippen molar-refractivity contribution < 1.29 is 36.3 Å². The van der Waals surface area contributed by atoms with Crippen LogP contribution in [-0.2, 0) is 13.2 Å². The van der Waals surface area contributed by atoms with Crippen LogP contribution in [-0.4, -0.2) is 86.3 Å². The monoisotopic (exact) mass is 661 g/mol. The van der Waals surface area contributed by atoms with Crippen molar-refractivity contribution in [3.63, 3.8) is 0 Å². The number of urea groups is 1. The number of imidazole rings is 1. The maximum atomic E-state index is 13.8. The van der Waals surface area contributed by atoms with Crippen molar-refractivity contribution in [1.82, 2.24) is 40.2 Å². The Hall–Kier alpha value is -4.54. The summed E-state index contributed by atoms with van der Waals surface area (Å²) in [5.74, 6) is -3.96. The van der Waals surface area contributed by atoms with Crippen LogP contribution in [0.2, 0.25) is 0 Å². The molecule has 2 aliphatic heterocycles. The predicted molar refractivity (Wildman–Crippen MR) is 157 cm³/mol. The minimum atomic E-state index is -4.93. The molecule has 4 heterocycles. The van der Waals surface area contributed by atoms with E-state index in [0.717, 1.165) is 36.5 Å². The molecule has 7 rings (SSSR count). The van der Waals surface area contributed by atoms with E-state index >= 15 is 0 Å². The van der Waals surface area contributed by atoms with Gasteiger partial charge in [-0.1, -0.05) is 0 Å². The van der Waals surface area contributed by atoms with E-state index in [1.807, 2.05) is 0 Å². The topological polar surface area (TPSA) is 138 Å². The highest BCUT2D eigenvalue weighted by molar-refractivity contribution is 6.03. The fraction of sp³-hybridized carbons (Fsp3) is 0.500. The van der Waals surface area contributed by atoms with E-state index in [4.69, 9.17) is 0 Å². The number of anilines is 1. The SMILES string of the molecule is Cc1cc(NC(=O)c2ncc(-c3cn(C4CC4(F)F)nc3C(F)(F)F)n2C)ccc1C(=O)N[C@H]1[C@@H]2CN(C(=O)N[C@H]3CCNC3)C[C@@H]21. The Bertz CT molecular complexity index is 1750. The highest BCUT2D eigenvalue weighted by Gasteiger charge is 2.60. The molecule has 2 aliphatic carbocycles. The molecular formula is C30H32F5N9O3. The molecule has 17 heteroatoms. The van der Waals surface area contributed by atoms with Crippen LogP contribution in [0, 0.1) is 18.8 Å². The summed E-state index contributed by atoms with van der Waals surface area (Å²) in [4.78, 5) is 44.5. The summed E-state index contributed by atoms with van der Waals surface area (Å²) in [5.41, 5.74) is -0.630. The molecule has 0 radical (unpaired) electrons. The second kappa shape index (κ2) is 11.0. The van der Waals surface area contributed by atoms with Crippen LogP contribution >= 0.6 is 0 Å². The number of aromatic nitrogens is 4. The second-order valence-electron chi connectivity index (χ2n) is 12.7. The first-order chi connectivity index (χ1) is 22.2. The van der Waals surface area contributed by atoms with Crippen LogP contribution in [0.3, 0.4) is 0 Å². The number of nitrogens with zero attached hydrogens (tertiary/aromatic N) is 5. The van der Waals surface area contributed by atoms with Gasteiger partial charge in [-0.25, -0.2) is 18.6 Å². The summed E-state index contributed by atoms with van der Waals surface area (Å²) >= 11 is 0. The van der Waals surface area contributed by atoms with Gasteiger partial charge in [-0.3, -0.25) is 14.3 Å². The van der Waals surface area contributed by atoms with E-state index in [9.17, 15) is 36.3 Å². The fourth-order valence-corrected chi connectivity index (χ4v) is 6.67. The molecule has 250 valence electrons. The average molecular weight is 662 g/mol. The molecule has 4 N–H and O–H groups in total. The highest BCUT2D eigenvalue weighted by Crippen LogP contribution is 2.53. The molecule has 3 aromatic rings. The number of alkyl halides is 5. The Balaban J connectivity index is 0.974. The molecule has 1 unspecified atom stereocenters. The standard InChI is InChI=1S/C30H32F5N9O3/c1-14-7-15(3-4-17(14)26(45)40-23-18-11-43(12-19(18)23)28(47)39-16-5-6-36-9-16)38-27(46)25-37-10-21(42(25)2)20-13-44(22-8-29(22,31)32)41-24(20)30(33,34)35/h3-4,7,10,13,16,18-19,22-23,36H,5-6,8-9,11-12H2,1-2H3,(H,38,46)(H,39,47)(H,40,45)/t16-,18-,19+,22?,23+/m0/s1. The first kappa shape index (κ1) is 31.1. The number of hydrogen-bond donors (Lipinski definition) is 4. The number of carbonyl (C=O) groups excluding carboxylic acids is 3. The number of likely N-dealkylation sites (tertiary alicyclic amines) is 1. The van der Waals surface area contributed by atoms with Gasteiger partial charge in [0.2, 0.25) is 0 Å². The van der Waals surface area contributed by atoms with Gasteiger partial charge in [0.25, 0.3) is 17.7 Å². The summed E-state index contributed by atoms with van der Waals surface area (Å²) in [7, 11) is 1.34. The fourth-order valence-electron chi connectivity index (χ4n) is 6.67. The summed E-state index contributed by atoms with van der Waals surface area (Å²) in [6.45, 7) is 4.53. The summed E-state index contributed by atoms with van der Waals surface area (Å²) in [6.07, 6.45) is -2.67. The quantitative estimate of drug-likeness (QED) is 0.287. The lowest BCUT2D eigenvalue weighted by Gasteiger charge is -2.23. The number of aryl methyl sites for hydroxylation is 1. The second-order valence-corrected chi connectivity index (χ2v) is 12.7. The maximum Gasteiger partial charge on any atom is 0.435 e. The third kappa shape index (κ3) is 5.80. The largest absolute Gasteiger partial charge is 0.435 e. The predicted octanol–water partition coefficient (Wildman–Crippen LogP) is 3.17. The van der Waals surface area contributed by atoms with E-state index in [1.165, 1.54) is 13.1 Å². The number of carbonyl (C=O) groups is 3. The molecule has 1 aromatic carbocycles. The molecule has 5 atom stereocenters. The van der Waals surface area contributed by atoms with Crippen LogP contribution in [0.25, 0.3) is 11.3 Å². The van der Waals surface area contributed by atoms with Crippen LogP contribution in [0.1, 0.15) is 51.1 Å². The van der Waals surface area contributed by atoms with Crippen molar-refractivity contribution in [2.75, 3.05) is 31.5 Å². The van der Waals surface area contributed by atoms with Crippen molar-refractivity contribution in [3.05, 3.63) is 53.2 Å². The van der Waals surface area contributed by atoms with Gasteiger partial charge >= 0.3 is 12.2 Å². The van der Waals surface area contributed by atoms with Crippen molar-refractivity contribution in [2.24, 2.45) is 18.9 Å². The van der Waals surface area contributed by atoms with Crippen LogP contribution in [0.5, 0.6) is 0 Å². The molecule has 2 saturated carbocycles. The van der Waals surface area contributed by atoms with E-state index in [0.29, 0.717) is 34.6 Å². The Labute approximate surface area is 265 Å². The van der Waals surface area contributed by atoms with Crippen molar-refractivity contribution in [2.45, 2.75) is 50.0 Å². The Morgan fingerprint density at radius 2 is 1.81 bits per heavy atom. The summed E-state index contributed by atoms with van der Waals surface area (Å²) in [6, 6.07) is 3.26. The summed E-state index contributed by atoms with van der Waals surface area (Å²) in [5, 5.41) is 15.4. The third-order valence-corrected chi connectivity index (χ3v) is 9.48. The number of rotatable bonds is 7. The first-order valence-corrected chi connectivity index (χ1v) is 15.3. The van der Waals surface area contributed by atoms with Gasteiger partial charge in [0.1, 0.15) is 6.04 Å². The van der Waals surface area contributed by atoms with Gasteiger partial charge in [-0.05, 0) is 43.7 Å². The zero-order chi connectivity index (χ0) is 33.4. The Morgan fingerprint density at radius 3 is 2.43 bits per heavy atom. The molecular weight excluding hydrogens is 629 g/mol. The van der Waals surface area contributed by atoms with E-state index in [1.54, 1.807) is 24.0 Å². The molecule has 47 heavy (non-hydrogen) atoms. The minimum absolute atomic E-state index is 0.0261. The van der Waals surface area contributed by atoms with Gasteiger partial charge in [-0.15, -0.1) is 0 Å². The average Bonchev–Trinajstić information content (AvgIpc) is 3.48. The molecule has 2 saturated heterocycles. The van der Waals surface area contributed by atoms with Gasteiger partial charge in [0, 0.05) is 74.5 Å². The smallest absolute Gasteiger partial charge is 0.349 e. The van der Waals surface area contributed by atoms with Crippen molar-refractivity contribution >= 4 is 23.5 Å². The van der Waals surface area contributed by atoms with Gasteiger partial charge in [-0.2, -0.15) is 18.3 Å². The van der Waals surface area contributed by atoms with E-state index < -0.39 is 41.7 Å². The van der Waals surface area contributed by atoms with Gasteiger partial charge in [0.15, 0.2) is 11.5 Å². The number of fused-ring (bicyclic) bond motifs is 1. The van der Waals surface area contributed by atoms with Crippen molar-refractivity contribution in [1.29, 1.82) is 0 Å². The lowest BCUT2D eigenvalue weighted by molar-refractivity contribution is -0.141. The minimum Gasteiger partial charge on any atom is -0.349 e.